The van der Waals surface area contributed by atoms with E-state index in [9.17, 15) is 9.90 Å². The largest absolute Gasteiger partial charge is 0.507 e. The number of nitrogens with one attached hydrogen (secondary N) is 1. The monoisotopic (exact) mass is 300 g/mol. The number of phenolic OH excluding ortho intramolecular Hbond substituents is 1. The molecule has 5 heteroatoms. The molecular formula is C12H17BrN2O2. The molecular weight excluding hydrogens is 284 g/mol. The van der Waals surface area contributed by atoms with Crippen LogP contribution in [-0.2, 0) is 0 Å². The van der Waals surface area contributed by atoms with Crippen molar-refractivity contribution in [1.82, 2.24) is 10.2 Å². The Morgan fingerprint density at radius 2 is 2.18 bits per heavy atom. The average molecular weight is 301 g/mol. The van der Waals surface area contributed by atoms with E-state index in [-0.39, 0.29) is 17.7 Å². The van der Waals surface area contributed by atoms with Crippen LogP contribution in [0.3, 0.4) is 0 Å². The van der Waals surface area contributed by atoms with Gasteiger partial charge in [0.1, 0.15) is 5.75 Å². The molecule has 0 heterocycles. The zero-order chi connectivity index (χ0) is 13.0. The summed E-state index contributed by atoms with van der Waals surface area (Å²) in [6.45, 7) is 2.56. The first-order valence-corrected chi connectivity index (χ1v) is 6.14. The quantitative estimate of drug-likeness (QED) is 0.892. The predicted octanol–water partition coefficient (Wildman–Crippen LogP) is 1.83. The fourth-order valence-corrected chi connectivity index (χ4v) is 1.56. The highest BCUT2D eigenvalue weighted by Crippen LogP contribution is 2.21. The SMILES string of the molecule is CC(CNC(=O)c1ccc(Br)cc1O)N(C)C. The maximum absolute atomic E-state index is 11.8. The molecule has 1 unspecified atom stereocenters. The standard InChI is InChI=1S/C12H17BrN2O2/c1-8(15(2)3)7-14-12(17)10-5-4-9(13)6-11(10)16/h4-6,8,16H,7H2,1-3H3,(H,14,17). The minimum absolute atomic E-state index is 0.0191. The summed E-state index contributed by atoms with van der Waals surface area (Å²) < 4.78 is 0.744. The van der Waals surface area contributed by atoms with Gasteiger partial charge >= 0.3 is 0 Å². The minimum Gasteiger partial charge on any atom is -0.507 e. The molecule has 4 nitrogen and oxygen atoms in total. The van der Waals surface area contributed by atoms with Gasteiger partial charge in [0, 0.05) is 17.1 Å². The van der Waals surface area contributed by atoms with Gasteiger partial charge in [0.25, 0.3) is 5.91 Å². The van der Waals surface area contributed by atoms with Crippen molar-refractivity contribution in [3.05, 3.63) is 28.2 Å². The van der Waals surface area contributed by atoms with Crippen LogP contribution in [0.4, 0.5) is 0 Å². The van der Waals surface area contributed by atoms with E-state index < -0.39 is 0 Å². The van der Waals surface area contributed by atoms with E-state index in [4.69, 9.17) is 0 Å². The Kier molecular flexibility index (Phi) is 4.96. The fourth-order valence-electron chi connectivity index (χ4n) is 1.22. The van der Waals surface area contributed by atoms with E-state index in [0.29, 0.717) is 12.1 Å². The minimum atomic E-state index is -0.260. The zero-order valence-electron chi connectivity index (χ0n) is 10.2. The first kappa shape index (κ1) is 14.0. The molecule has 0 bridgehead atoms. The first-order chi connectivity index (χ1) is 7.91. The lowest BCUT2D eigenvalue weighted by Crippen LogP contribution is -2.38. The second-order valence-electron chi connectivity index (χ2n) is 4.18. The number of nitrogens with zero attached hydrogens (tertiary/aromatic N) is 1. The highest BCUT2D eigenvalue weighted by atomic mass is 79.9. The van der Waals surface area contributed by atoms with E-state index >= 15 is 0 Å². The molecule has 0 saturated heterocycles. The highest BCUT2D eigenvalue weighted by molar-refractivity contribution is 9.10. The molecule has 1 aromatic rings. The molecule has 0 saturated carbocycles. The number of aromatic hydroxyl groups is 1. The summed E-state index contributed by atoms with van der Waals surface area (Å²) in [5.74, 6) is -0.280. The van der Waals surface area contributed by atoms with Crippen molar-refractivity contribution in [2.24, 2.45) is 0 Å². The van der Waals surface area contributed by atoms with Crippen LogP contribution < -0.4 is 5.32 Å². The number of benzene rings is 1. The van der Waals surface area contributed by atoms with Crippen LogP contribution in [0, 0.1) is 0 Å². The molecule has 2 N–H and O–H groups in total. The second-order valence-corrected chi connectivity index (χ2v) is 5.10. The molecule has 0 spiro atoms. The number of carbonyl (C=O) groups is 1. The Morgan fingerprint density at radius 1 is 1.53 bits per heavy atom. The third-order valence-corrected chi connectivity index (χ3v) is 3.14. The van der Waals surface area contributed by atoms with E-state index in [1.54, 1.807) is 12.1 Å². The van der Waals surface area contributed by atoms with E-state index in [1.807, 2.05) is 25.9 Å². The normalized spacial score (nSPS) is 12.5. The highest BCUT2D eigenvalue weighted by Gasteiger charge is 2.12. The van der Waals surface area contributed by atoms with Crippen molar-refractivity contribution >= 4 is 21.8 Å². The van der Waals surface area contributed by atoms with Crippen LogP contribution in [0.25, 0.3) is 0 Å². The van der Waals surface area contributed by atoms with E-state index in [0.717, 1.165) is 4.47 Å². The van der Waals surface area contributed by atoms with Gasteiger partial charge in [0.2, 0.25) is 0 Å². The number of amides is 1. The Hall–Kier alpha value is -1.07. The average Bonchev–Trinajstić information content (AvgIpc) is 2.25. The third-order valence-electron chi connectivity index (χ3n) is 2.64. The maximum atomic E-state index is 11.8. The molecule has 1 rings (SSSR count). The molecule has 1 aromatic carbocycles. The van der Waals surface area contributed by atoms with Crippen molar-refractivity contribution in [3.8, 4) is 5.75 Å². The predicted molar refractivity (Wildman–Crippen MR) is 71.3 cm³/mol. The maximum Gasteiger partial charge on any atom is 0.255 e. The number of hydrogen-bond acceptors (Lipinski definition) is 3. The number of carbonyl (C=O) groups excluding carboxylic acids is 1. The topological polar surface area (TPSA) is 52.6 Å². The Bertz CT molecular complexity index is 407. The zero-order valence-corrected chi connectivity index (χ0v) is 11.8. The summed E-state index contributed by atoms with van der Waals surface area (Å²) in [5.41, 5.74) is 0.291. The van der Waals surface area contributed by atoms with Crippen LogP contribution >= 0.6 is 15.9 Å². The number of rotatable bonds is 4. The van der Waals surface area contributed by atoms with Crippen molar-refractivity contribution in [2.75, 3.05) is 20.6 Å². The first-order valence-electron chi connectivity index (χ1n) is 5.35. The lowest BCUT2D eigenvalue weighted by molar-refractivity contribution is 0.0941. The second kappa shape index (κ2) is 6.02. The fraction of sp³-hybridized carbons (Fsp3) is 0.417. The molecule has 0 aliphatic heterocycles. The molecule has 0 aromatic heterocycles. The van der Waals surface area contributed by atoms with Crippen LogP contribution in [-0.4, -0.2) is 42.6 Å². The molecule has 0 radical (unpaired) electrons. The lowest BCUT2D eigenvalue weighted by Gasteiger charge is -2.20. The molecule has 0 aliphatic carbocycles. The van der Waals surface area contributed by atoms with Crippen LogP contribution in [0.5, 0.6) is 5.75 Å². The van der Waals surface area contributed by atoms with Crippen molar-refractivity contribution in [1.29, 1.82) is 0 Å². The summed E-state index contributed by atoms with van der Waals surface area (Å²) in [4.78, 5) is 13.8. The van der Waals surface area contributed by atoms with E-state index in [1.165, 1.54) is 6.07 Å². The van der Waals surface area contributed by atoms with Gasteiger partial charge in [-0.15, -0.1) is 0 Å². The molecule has 17 heavy (non-hydrogen) atoms. The van der Waals surface area contributed by atoms with Gasteiger partial charge < -0.3 is 15.3 Å². The van der Waals surface area contributed by atoms with Gasteiger partial charge in [-0.3, -0.25) is 4.79 Å². The summed E-state index contributed by atoms with van der Waals surface area (Å²) in [6, 6.07) is 5.07. The Balaban J connectivity index is 2.64. The van der Waals surface area contributed by atoms with Gasteiger partial charge in [-0.2, -0.15) is 0 Å². The number of halogens is 1. The van der Waals surface area contributed by atoms with Crippen molar-refractivity contribution in [3.63, 3.8) is 0 Å². The summed E-state index contributed by atoms with van der Waals surface area (Å²) >= 11 is 3.23. The van der Waals surface area contributed by atoms with E-state index in [2.05, 4.69) is 21.2 Å². The number of hydrogen-bond donors (Lipinski definition) is 2. The number of likely N-dealkylation sites (N-methyl/N-ethyl adjacent to an activating group) is 1. The van der Waals surface area contributed by atoms with Crippen molar-refractivity contribution in [2.45, 2.75) is 13.0 Å². The van der Waals surface area contributed by atoms with Crippen LogP contribution in [0.15, 0.2) is 22.7 Å². The number of phenols is 1. The Morgan fingerprint density at radius 3 is 2.71 bits per heavy atom. The molecule has 94 valence electrons. The van der Waals surface area contributed by atoms with Crippen LogP contribution in [0.1, 0.15) is 17.3 Å². The lowest BCUT2D eigenvalue weighted by atomic mass is 10.2. The molecule has 0 fully saturated rings. The summed E-state index contributed by atoms with van der Waals surface area (Å²) in [5, 5.41) is 12.4. The van der Waals surface area contributed by atoms with Gasteiger partial charge in [0.15, 0.2) is 0 Å². The molecule has 1 amide bonds. The third kappa shape index (κ3) is 4.02. The molecule has 1 atom stereocenters. The molecule has 0 aliphatic rings. The van der Waals surface area contributed by atoms with Crippen LogP contribution in [0.2, 0.25) is 0 Å². The smallest absolute Gasteiger partial charge is 0.255 e. The van der Waals surface area contributed by atoms with Gasteiger partial charge in [-0.05, 0) is 39.2 Å². The summed E-state index contributed by atoms with van der Waals surface area (Å²) in [6.07, 6.45) is 0. The summed E-state index contributed by atoms with van der Waals surface area (Å²) in [7, 11) is 3.90. The van der Waals surface area contributed by atoms with Crippen molar-refractivity contribution < 1.29 is 9.90 Å². The Labute approximate surface area is 110 Å². The van der Waals surface area contributed by atoms with Gasteiger partial charge in [-0.1, -0.05) is 15.9 Å². The van der Waals surface area contributed by atoms with Gasteiger partial charge in [-0.25, -0.2) is 0 Å². The van der Waals surface area contributed by atoms with Gasteiger partial charge in [0.05, 0.1) is 5.56 Å².